The normalized spacial score (nSPS) is 10.8. The first-order chi connectivity index (χ1) is 17.3. The lowest BCUT2D eigenvalue weighted by atomic mass is 9.89. The predicted molar refractivity (Wildman–Crippen MR) is 139 cm³/mol. The molecule has 0 fully saturated rings. The van der Waals surface area contributed by atoms with Gasteiger partial charge in [-0.2, -0.15) is 0 Å². The topological polar surface area (TPSA) is 115 Å². The number of carbonyl (C=O) groups is 1. The van der Waals surface area contributed by atoms with E-state index in [-0.39, 0.29) is 31.2 Å². The summed E-state index contributed by atoms with van der Waals surface area (Å²) in [5, 5.41) is 15.1. The molecule has 10 heteroatoms. The first kappa shape index (κ1) is 27.1. The largest absolute Gasteiger partial charge is 0.433 e. The summed E-state index contributed by atoms with van der Waals surface area (Å²) < 4.78 is 1.45. The van der Waals surface area contributed by atoms with Crippen molar-refractivity contribution in [3.8, 4) is 0 Å². The Morgan fingerprint density at radius 3 is 2.53 bits per heavy atom. The Hall–Kier alpha value is -3.47. The highest BCUT2D eigenvalue weighted by Gasteiger charge is 2.17. The molecule has 0 atom stereocenters. The smallest absolute Gasteiger partial charge is 0.408 e. The van der Waals surface area contributed by atoms with Crippen molar-refractivity contribution >= 4 is 18.8 Å². The third-order valence-electron chi connectivity index (χ3n) is 5.67. The van der Waals surface area contributed by atoms with Gasteiger partial charge in [-0.3, -0.25) is 9.59 Å². The van der Waals surface area contributed by atoms with E-state index in [1.54, 1.807) is 19.8 Å². The average Bonchev–Trinajstić information content (AvgIpc) is 2.83. The summed E-state index contributed by atoms with van der Waals surface area (Å²) in [5.41, 5.74) is 4.36. The van der Waals surface area contributed by atoms with Gasteiger partial charge in [0.1, 0.15) is 19.0 Å². The average molecular weight is 492 g/mol. The second-order valence-electron chi connectivity index (χ2n) is 8.55. The minimum Gasteiger partial charge on any atom is -0.433 e. The zero-order valence-corrected chi connectivity index (χ0v) is 21.2. The van der Waals surface area contributed by atoms with E-state index in [2.05, 4.69) is 15.5 Å². The van der Waals surface area contributed by atoms with Crippen LogP contribution in [0.25, 0.3) is 0 Å². The van der Waals surface area contributed by atoms with Gasteiger partial charge in [-0.05, 0) is 62.8 Å². The Labute approximate surface area is 211 Å². The SMILES string of the molecule is CCOOCc1c(Cc2ccccc2)cc(C)n(CC(=O)NCc2ccc(NB(C)O)nc2C)c1=O. The van der Waals surface area contributed by atoms with E-state index in [0.29, 0.717) is 30.1 Å². The van der Waals surface area contributed by atoms with Crippen LogP contribution in [-0.2, 0) is 40.7 Å². The van der Waals surface area contributed by atoms with Gasteiger partial charge >= 0.3 is 7.05 Å². The van der Waals surface area contributed by atoms with Gasteiger partial charge < -0.3 is 20.1 Å². The van der Waals surface area contributed by atoms with Crippen LogP contribution in [0.1, 0.15) is 40.6 Å². The lowest BCUT2D eigenvalue weighted by Gasteiger charge is -2.17. The molecule has 1 amide bonds. The van der Waals surface area contributed by atoms with E-state index in [0.717, 1.165) is 22.4 Å². The van der Waals surface area contributed by atoms with Crippen molar-refractivity contribution in [2.75, 3.05) is 11.8 Å². The minimum atomic E-state index is -0.716. The molecule has 9 nitrogen and oxygen atoms in total. The maximum Gasteiger partial charge on any atom is 0.408 e. The molecule has 0 spiro atoms. The third kappa shape index (κ3) is 7.51. The first-order valence-electron chi connectivity index (χ1n) is 12.0. The van der Waals surface area contributed by atoms with Crippen molar-refractivity contribution in [3.05, 3.63) is 92.5 Å². The summed E-state index contributed by atoms with van der Waals surface area (Å²) in [7, 11) is -0.716. The molecule has 1 aromatic carbocycles. The molecule has 0 aliphatic rings. The molecule has 3 aromatic rings. The molecule has 0 aliphatic carbocycles. The zero-order chi connectivity index (χ0) is 26.1. The van der Waals surface area contributed by atoms with Gasteiger partial charge in [0.05, 0.1) is 6.61 Å². The molecule has 2 heterocycles. The lowest BCUT2D eigenvalue weighted by molar-refractivity contribution is -0.300. The van der Waals surface area contributed by atoms with Crippen molar-refractivity contribution < 1.29 is 19.6 Å². The van der Waals surface area contributed by atoms with Crippen LogP contribution in [0.15, 0.2) is 53.3 Å². The molecule has 36 heavy (non-hydrogen) atoms. The second kappa shape index (κ2) is 13.0. The molecule has 0 unspecified atom stereocenters. The molecule has 190 valence electrons. The molecular weight excluding hydrogens is 459 g/mol. The maximum atomic E-state index is 13.4. The standard InChI is InChI=1S/C26H33BN4O5/c1-5-35-36-17-23-22(14-20-9-7-6-8-10-20)13-18(2)31(26(23)33)16-25(32)28-15-21-11-12-24(29-19(21)3)30-27(4)34/h6-13,34H,5,14-17H2,1-4H3,(H,28,32)(H,29,30). The number of nitrogens with zero attached hydrogens (tertiary/aromatic N) is 2. The summed E-state index contributed by atoms with van der Waals surface area (Å²) in [6, 6.07) is 15.4. The Balaban J connectivity index is 1.76. The molecule has 2 aromatic heterocycles. The van der Waals surface area contributed by atoms with Crippen molar-refractivity contribution in [2.24, 2.45) is 0 Å². The van der Waals surface area contributed by atoms with Gasteiger partial charge in [0.15, 0.2) is 0 Å². The molecule has 0 bridgehead atoms. The van der Waals surface area contributed by atoms with Crippen molar-refractivity contribution in [3.63, 3.8) is 0 Å². The molecule has 0 saturated heterocycles. The molecule has 0 aliphatic heterocycles. The number of nitrogens with one attached hydrogen (secondary N) is 2. The fraction of sp³-hybridized carbons (Fsp3) is 0.346. The number of rotatable bonds is 12. The molecule has 3 N–H and O–H groups in total. The fourth-order valence-corrected chi connectivity index (χ4v) is 3.85. The van der Waals surface area contributed by atoms with E-state index in [1.165, 1.54) is 4.57 Å². The number of amides is 1. The van der Waals surface area contributed by atoms with Crippen LogP contribution < -0.4 is 16.1 Å². The number of carbonyl (C=O) groups excluding carboxylic acids is 1. The molecule has 0 saturated carbocycles. The van der Waals surface area contributed by atoms with Crippen molar-refractivity contribution in [1.29, 1.82) is 0 Å². The first-order valence-corrected chi connectivity index (χ1v) is 12.0. The van der Waals surface area contributed by atoms with E-state index in [4.69, 9.17) is 9.78 Å². The number of pyridine rings is 2. The van der Waals surface area contributed by atoms with Gasteiger partial charge in [-0.1, -0.05) is 36.4 Å². The molecular formula is C26H33BN4O5. The molecule has 3 rings (SSSR count). The maximum absolute atomic E-state index is 13.4. The minimum absolute atomic E-state index is 0.00551. The van der Waals surface area contributed by atoms with Gasteiger partial charge in [-0.25, -0.2) is 14.8 Å². The van der Waals surface area contributed by atoms with Gasteiger partial charge in [0, 0.05) is 23.5 Å². The second-order valence-corrected chi connectivity index (χ2v) is 8.55. The zero-order valence-electron chi connectivity index (χ0n) is 21.2. The van der Waals surface area contributed by atoms with Crippen molar-refractivity contribution in [1.82, 2.24) is 14.9 Å². The van der Waals surface area contributed by atoms with Crippen LogP contribution in [0.4, 0.5) is 5.82 Å². The van der Waals surface area contributed by atoms with Crippen molar-refractivity contribution in [2.45, 2.75) is 53.7 Å². The highest BCUT2D eigenvalue weighted by atomic mass is 17.2. The van der Waals surface area contributed by atoms with Crippen LogP contribution in [0.3, 0.4) is 0 Å². The number of aryl methyl sites for hydroxylation is 2. The van der Waals surface area contributed by atoms with Crippen LogP contribution in [-0.4, -0.2) is 34.1 Å². The molecule has 0 radical (unpaired) electrons. The number of hydrogen-bond acceptors (Lipinski definition) is 7. The van der Waals surface area contributed by atoms with E-state index in [1.807, 2.05) is 56.3 Å². The highest BCUT2D eigenvalue weighted by molar-refractivity contribution is 6.52. The Morgan fingerprint density at radius 2 is 1.86 bits per heavy atom. The predicted octanol–water partition coefficient (Wildman–Crippen LogP) is 2.76. The Bertz CT molecular complexity index is 1230. The quantitative estimate of drug-likeness (QED) is 0.154. The number of aromatic nitrogens is 2. The van der Waals surface area contributed by atoms with E-state index >= 15 is 0 Å². The van der Waals surface area contributed by atoms with Gasteiger partial charge in [-0.15, -0.1) is 0 Å². The third-order valence-corrected chi connectivity index (χ3v) is 5.67. The highest BCUT2D eigenvalue weighted by Crippen LogP contribution is 2.15. The Morgan fingerprint density at radius 1 is 1.11 bits per heavy atom. The monoisotopic (exact) mass is 492 g/mol. The van der Waals surface area contributed by atoms with E-state index in [9.17, 15) is 14.6 Å². The number of benzene rings is 1. The van der Waals surface area contributed by atoms with Crippen LogP contribution in [0, 0.1) is 13.8 Å². The summed E-state index contributed by atoms with van der Waals surface area (Å²) in [6.07, 6.45) is 0.570. The summed E-state index contributed by atoms with van der Waals surface area (Å²) in [4.78, 5) is 40.8. The fourth-order valence-electron chi connectivity index (χ4n) is 3.85. The van der Waals surface area contributed by atoms with Crippen LogP contribution in [0.5, 0.6) is 0 Å². The van der Waals surface area contributed by atoms with E-state index < -0.39 is 7.05 Å². The summed E-state index contributed by atoms with van der Waals surface area (Å²) in [5.74, 6) is 0.260. The van der Waals surface area contributed by atoms with Crippen LogP contribution >= 0.6 is 0 Å². The number of anilines is 1. The lowest BCUT2D eigenvalue weighted by Crippen LogP contribution is -2.35. The van der Waals surface area contributed by atoms with Crippen LogP contribution in [0.2, 0.25) is 6.82 Å². The van der Waals surface area contributed by atoms with Gasteiger partial charge in [0.2, 0.25) is 5.91 Å². The summed E-state index contributed by atoms with van der Waals surface area (Å²) in [6.45, 7) is 7.57. The van der Waals surface area contributed by atoms with Gasteiger partial charge in [0.25, 0.3) is 5.56 Å². The summed E-state index contributed by atoms with van der Waals surface area (Å²) >= 11 is 0. The Kier molecular flexibility index (Phi) is 9.81. The number of hydrogen-bond donors (Lipinski definition) is 3.